The second-order valence-electron chi connectivity index (χ2n) is 4.52. The molecule has 0 saturated heterocycles. The monoisotopic (exact) mass is 284 g/mol. The fourth-order valence-corrected chi connectivity index (χ4v) is 2.12. The van der Waals surface area contributed by atoms with E-state index in [2.05, 4.69) is 5.10 Å². The molecule has 3 aromatic rings. The first-order valence-corrected chi connectivity index (χ1v) is 6.64. The van der Waals surface area contributed by atoms with Crippen LogP contribution >= 0.6 is 11.6 Å². The SMILES string of the molecule is Cc1cccc(Oc2cnn(-c3cccc(Cl)c3)c2)c1. The number of rotatable bonds is 3. The van der Waals surface area contributed by atoms with E-state index >= 15 is 0 Å². The zero-order chi connectivity index (χ0) is 13.9. The van der Waals surface area contributed by atoms with Crippen LogP contribution in [0, 0.1) is 6.92 Å². The van der Waals surface area contributed by atoms with Crippen molar-refractivity contribution in [3.63, 3.8) is 0 Å². The lowest BCUT2D eigenvalue weighted by Crippen LogP contribution is -1.93. The van der Waals surface area contributed by atoms with Crippen molar-refractivity contribution in [2.75, 3.05) is 0 Å². The molecule has 0 fully saturated rings. The molecule has 0 N–H and O–H groups in total. The number of benzene rings is 2. The Hall–Kier alpha value is -2.26. The molecule has 0 spiro atoms. The minimum Gasteiger partial charge on any atom is -0.454 e. The highest BCUT2D eigenvalue weighted by Gasteiger charge is 2.04. The van der Waals surface area contributed by atoms with Gasteiger partial charge in [0.05, 0.1) is 18.1 Å². The van der Waals surface area contributed by atoms with Gasteiger partial charge in [0.2, 0.25) is 0 Å². The third-order valence-electron chi connectivity index (χ3n) is 2.86. The van der Waals surface area contributed by atoms with E-state index in [1.165, 1.54) is 0 Å². The van der Waals surface area contributed by atoms with Gasteiger partial charge >= 0.3 is 0 Å². The van der Waals surface area contributed by atoms with Crippen LogP contribution in [-0.4, -0.2) is 9.78 Å². The molecule has 20 heavy (non-hydrogen) atoms. The average molecular weight is 285 g/mol. The Balaban J connectivity index is 1.84. The van der Waals surface area contributed by atoms with Crippen LogP contribution in [0.1, 0.15) is 5.56 Å². The van der Waals surface area contributed by atoms with Gasteiger partial charge in [-0.15, -0.1) is 0 Å². The Labute approximate surface area is 122 Å². The number of hydrogen-bond donors (Lipinski definition) is 0. The summed E-state index contributed by atoms with van der Waals surface area (Å²) in [7, 11) is 0. The van der Waals surface area contributed by atoms with Crippen molar-refractivity contribution in [2.45, 2.75) is 6.92 Å². The van der Waals surface area contributed by atoms with Crippen molar-refractivity contribution in [3.8, 4) is 17.2 Å². The Morgan fingerprint density at radius 2 is 1.90 bits per heavy atom. The zero-order valence-electron chi connectivity index (χ0n) is 11.0. The summed E-state index contributed by atoms with van der Waals surface area (Å²) in [4.78, 5) is 0. The maximum absolute atomic E-state index is 5.98. The van der Waals surface area contributed by atoms with E-state index in [1.54, 1.807) is 10.9 Å². The zero-order valence-corrected chi connectivity index (χ0v) is 11.7. The van der Waals surface area contributed by atoms with Gasteiger partial charge in [-0.25, -0.2) is 4.68 Å². The predicted octanol–water partition coefficient (Wildman–Crippen LogP) is 4.63. The second kappa shape index (κ2) is 5.39. The molecule has 0 saturated carbocycles. The first-order chi connectivity index (χ1) is 9.70. The van der Waals surface area contributed by atoms with Gasteiger partial charge in [-0.3, -0.25) is 0 Å². The van der Waals surface area contributed by atoms with Crippen LogP contribution in [0.4, 0.5) is 0 Å². The van der Waals surface area contributed by atoms with Crippen LogP contribution < -0.4 is 4.74 Å². The van der Waals surface area contributed by atoms with E-state index in [4.69, 9.17) is 16.3 Å². The van der Waals surface area contributed by atoms with Gasteiger partial charge in [0.25, 0.3) is 0 Å². The highest BCUT2D eigenvalue weighted by Crippen LogP contribution is 2.23. The predicted molar refractivity (Wildman–Crippen MR) is 79.8 cm³/mol. The van der Waals surface area contributed by atoms with Crippen LogP contribution in [0.15, 0.2) is 60.9 Å². The molecule has 0 bridgehead atoms. The summed E-state index contributed by atoms with van der Waals surface area (Å²) in [5.41, 5.74) is 2.06. The highest BCUT2D eigenvalue weighted by molar-refractivity contribution is 6.30. The van der Waals surface area contributed by atoms with E-state index in [0.717, 1.165) is 17.0 Å². The molecule has 2 aromatic carbocycles. The summed E-state index contributed by atoms with van der Waals surface area (Å²) in [5, 5.41) is 4.96. The molecule has 4 heteroatoms. The molecule has 0 atom stereocenters. The number of nitrogens with zero attached hydrogens (tertiary/aromatic N) is 2. The lowest BCUT2D eigenvalue weighted by atomic mass is 10.2. The summed E-state index contributed by atoms with van der Waals surface area (Å²) in [6, 6.07) is 15.4. The summed E-state index contributed by atoms with van der Waals surface area (Å²) in [6.45, 7) is 2.03. The lowest BCUT2D eigenvalue weighted by molar-refractivity contribution is 0.482. The van der Waals surface area contributed by atoms with E-state index in [1.807, 2.05) is 61.7 Å². The topological polar surface area (TPSA) is 27.1 Å². The Morgan fingerprint density at radius 3 is 2.70 bits per heavy atom. The van der Waals surface area contributed by atoms with Crippen molar-refractivity contribution in [2.24, 2.45) is 0 Å². The average Bonchev–Trinajstić information content (AvgIpc) is 2.87. The van der Waals surface area contributed by atoms with E-state index in [0.29, 0.717) is 10.8 Å². The summed E-state index contributed by atoms with van der Waals surface area (Å²) in [6.07, 6.45) is 3.51. The van der Waals surface area contributed by atoms with E-state index < -0.39 is 0 Å². The van der Waals surface area contributed by atoms with Crippen LogP contribution in [0.2, 0.25) is 5.02 Å². The first kappa shape index (κ1) is 12.8. The fraction of sp³-hybridized carbons (Fsp3) is 0.0625. The van der Waals surface area contributed by atoms with E-state index in [-0.39, 0.29) is 0 Å². The standard InChI is InChI=1S/C16H13ClN2O/c1-12-4-2-7-15(8-12)20-16-10-18-19(11-16)14-6-3-5-13(17)9-14/h2-11H,1H3. The Morgan fingerprint density at radius 1 is 1.05 bits per heavy atom. The Bertz CT molecular complexity index is 737. The van der Waals surface area contributed by atoms with Gasteiger partial charge < -0.3 is 4.74 Å². The minimum absolute atomic E-state index is 0.680. The molecular formula is C16H13ClN2O. The molecule has 0 amide bonds. The molecule has 3 nitrogen and oxygen atoms in total. The van der Waals surface area contributed by atoms with Gasteiger partial charge in [-0.1, -0.05) is 29.8 Å². The van der Waals surface area contributed by atoms with E-state index in [9.17, 15) is 0 Å². The fourth-order valence-electron chi connectivity index (χ4n) is 1.93. The molecule has 1 aromatic heterocycles. The number of aromatic nitrogens is 2. The largest absolute Gasteiger partial charge is 0.454 e. The van der Waals surface area contributed by atoms with Crippen LogP contribution in [0.25, 0.3) is 5.69 Å². The second-order valence-corrected chi connectivity index (χ2v) is 4.96. The normalized spacial score (nSPS) is 10.5. The van der Waals surface area contributed by atoms with Gasteiger partial charge in [-0.2, -0.15) is 5.10 Å². The van der Waals surface area contributed by atoms with Gasteiger partial charge in [-0.05, 0) is 42.8 Å². The van der Waals surface area contributed by atoms with Crippen molar-refractivity contribution in [1.82, 2.24) is 9.78 Å². The molecular weight excluding hydrogens is 272 g/mol. The van der Waals surface area contributed by atoms with Crippen LogP contribution in [0.5, 0.6) is 11.5 Å². The molecule has 0 aliphatic rings. The molecule has 3 rings (SSSR count). The molecule has 0 radical (unpaired) electrons. The third-order valence-corrected chi connectivity index (χ3v) is 3.09. The number of ether oxygens (including phenoxy) is 1. The van der Waals surface area contributed by atoms with Crippen molar-refractivity contribution < 1.29 is 4.74 Å². The molecule has 0 unspecified atom stereocenters. The quantitative estimate of drug-likeness (QED) is 0.701. The third kappa shape index (κ3) is 2.83. The van der Waals surface area contributed by atoms with Crippen LogP contribution in [-0.2, 0) is 0 Å². The maximum atomic E-state index is 5.98. The van der Waals surface area contributed by atoms with Crippen LogP contribution in [0.3, 0.4) is 0 Å². The molecule has 1 heterocycles. The Kier molecular flexibility index (Phi) is 3.44. The summed E-state index contributed by atoms with van der Waals surface area (Å²) < 4.78 is 7.51. The highest BCUT2D eigenvalue weighted by atomic mass is 35.5. The lowest BCUT2D eigenvalue weighted by Gasteiger charge is -2.03. The first-order valence-electron chi connectivity index (χ1n) is 6.26. The van der Waals surface area contributed by atoms with Crippen molar-refractivity contribution >= 4 is 11.6 Å². The van der Waals surface area contributed by atoms with Gasteiger partial charge in [0.1, 0.15) is 5.75 Å². The maximum Gasteiger partial charge on any atom is 0.165 e. The number of hydrogen-bond acceptors (Lipinski definition) is 2. The van der Waals surface area contributed by atoms with Crippen molar-refractivity contribution in [1.29, 1.82) is 0 Å². The smallest absolute Gasteiger partial charge is 0.165 e. The van der Waals surface area contributed by atoms with Gasteiger partial charge in [0.15, 0.2) is 5.75 Å². The summed E-state index contributed by atoms with van der Waals surface area (Å²) in [5.74, 6) is 1.49. The molecule has 100 valence electrons. The minimum atomic E-state index is 0.680. The van der Waals surface area contributed by atoms with Gasteiger partial charge in [0, 0.05) is 5.02 Å². The summed E-state index contributed by atoms with van der Waals surface area (Å²) >= 11 is 5.98. The van der Waals surface area contributed by atoms with Crippen molar-refractivity contribution in [3.05, 3.63) is 71.5 Å². The molecule has 0 aliphatic carbocycles. The molecule has 0 aliphatic heterocycles. The number of aryl methyl sites for hydroxylation is 1. The number of halogens is 1.